The van der Waals surface area contributed by atoms with Gasteiger partial charge in [0.15, 0.2) is 0 Å². The van der Waals surface area contributed by atoms with Crippen LogP contribution in [0.1, 0.15) is 0 Å². The van der Waals surface area contributed by atoms with E-state index in [1.54, 1.807) is 35.9 Å². The van der Waals surface area contributed by atoms with Crippen LogP contribution in [0.4, 0.5) is 0 Å². The number of rotatable bonds is 12. The minimum atomic E-state index is -1.05. The second kappa shape index (κ2) is 17.6. The minimum absolute atomic E-state index is 0.0840. The van der Waals surface area contributed by atoms with E-state index in [1.807, 2.05) is 0 Å². The molecule has 0 rings (SSSR count). The van der Waals surface area contributed by atoms with Crippen molar-refractivity contribution in [3.8, 4) is 0 Å². The maximum absolute atomic E-state index is 2.89. The van der Waals surface area contributed by atoms with Crippen molar-refractivity contribution in [2.75, 3.05) is 0 Å². The summed E-state index contributed by atoms with van der Waals surface area (Å²) in [6.07, 6.45) is 0. The molecule has 0 aliphatic rings. The van der Waals surface area contributed by atoms with Gasteiger partial charge in [-0.1, -0.05) is 183 Å². The van der Waals surface area contributed by atoms with Crippen molar-refractivity contribution >= 4 is 140 Å². The summed E-state index contributed by atoms with van der Waals surface area (Å²) in [6.45, 7) is 77.0. The summed E-state index contributed by atoms with van der Waals surface area (Å²) in [5, 5.41) is 0. The zero-order valence-corrected chi connectivity index (χ0v) is 55.7. The van der Waals surface area contributed by atoms with Crippen LogP contribution in [-0.4, -0.2) is 140 Å². The van der Waals surface area contributed by atoms with Gasteiger partial charge < -0.3 is 0 Å². The molecule has 0 unspecified atom stereocenters. The Balaban J connectivity index is -0.000000723. The van der Waals surface area contributed by atoms with Crippen LogP contribution in [0.25, 0.3) is 0 Å². The Morgan fingerprint density at radius 3 is 0.318 bits per heavy atom. The van der Waals surface area contributed by atoms with Crippen molar-refractivity contribution < 1.29 is 0 Å². The summed E-state index contributed by atoms with van der Waals surface area (Å²) in [4.78, 5) is 0. The van der Waals surface area contributed by atoms with E-state index in [4.69, 9.17) is 0 Å². The molecule has 0 aliphatic heterocycles. The number of hydrogen-bond acceptors (Lipinski definition) is 0. The van der Waals surface area contributed by atoms with E-state index < -0.39 is 74.9 Å². The molecule has 0 aromatic carbocycles. The molecule has 0 aliphatic carbocycles. The predicted molar refractivity (Wildman–Crippen MR) is 256 cm³/mol. The molecule has 8 radical (unpaired) electrons. The fourth-order valence-electron chi connectivity index (χ4n) is 12.2. The van der Waals surface area contributed by atoms with Gasteiger partial charge in [-0.25, -0.2) is 0 Å². The van der Waals surface area contributed by atoms with E-state index in [9.17, 15) is 0 Å². The molecule has 0 saturated heterocycles. The van der Waals surface area contributed by atoms with Crippen molar-refractivity contribution in [3.63, 3.8) is 0 Å². The third kappa shape index (κ3) is 16.5. The first kappa shape index (κ1) is 53.0. The van der Waals surface area contributed by atoms with E-state index in [-0.39, 0.29) is 29.4 Å². The van der Waals surface area contributed by atoms with Gasteiger partial charge in [-0.15, -0.1) is 0 Å². The van der Waals surface area contributed by atoms with Crippen molar-refractivity contribution in [3.05, 3.63) is 0 Å². The van der Waals surface area contributed by atoms with Crippen molar-refractivity contribution in [1.82, 2.24) is 0 Å². The van der Waals surface area contributed by atoms with Gasteiger partial charge in [0.1, 0.15) is 0 Å². The van der Waals surface area contributed by atoms with E-state index in [1.165, 1.54) is 0 Å². The van der Waals surface area contributed by atoms with Crippen LogP contribution in [-0.2, 0) is 0 Å². The molecule has 0 aromatic rings. The van der Waals surface area contributed by atoms with Gasteiger partial charge in [0.2, 0.25) is 0 Å². The Morgan fingerprint density at radius 1 is 0.205 bits per heavy atom. The third-order valence-corrected chi connectivity index (χ3v) is 256. The molecule has 0 saturated carbocycles. The van der Waals surface area contributed by atoms with Gasteiger partial charge in [-0.2, -0.15) is 0 Å². The van der Waals surface area contributed by atoms with E-state index in [0.29, 0.717) is 0 Å². The van der Waals surface area contributed by atoms with Crippen LogP contribution in [0.2, 0.25) is 183 Å². The Bertz CT molecular complexity index is 674. The number of hydrogen-bond donors (Lipinski definition) is 0. The second-order valence-electron chi connectivity index (χ2n) is 22.8. The van der Waals surface area contributed by atoms with E-state index in [0.717, 1.165) is 0 Å². The molecular weight excluding hydrogens is 967 g/mol. The van der Waals surface area contributed by atoms with Crippen LogP contribution >= 0.6 is 0 Å². The Morgan fingerprint density at radius 2 is 0.273 bits per heavy atom. The molecule has 260 valence electrons. The molecule has 0 amide bonds. The Kier molecular flexibility index (Phi) is 21.2. The molecule has 0 heterocycles. The standard InChI is InChI=1S/2C14H42Si7.2Sn/c2*1-17(2,3)15(18(4,5)6)21(13,14)16(19(7,8)9)20(10,11)12;;/h2*1-14H3;;. The van der Waals surface area contributed by atoms with E-state index >= 15 is 0 Å². The van der Waals surface area contributed by atoms with Gasteiger partial charge in [0.05, 0.1) is 0 Å². The van der Waals surface area contributed by atoms with Gasteiger partial charge in [-0.3, -0.25) is 0 Å². The molecule has 0 N–H and O–H groups in total. The average Bonchev–Trinajstić information content (AvgIpc) is 2.50. The predicted octanol–water partition coefficient (Wildman–Crippen LogP) is 10.3. The first-order valence-electron chi connectivity index (χ1n) is 17.2. The second-order valence-corrected chi connectivity index (χ2v) is 158. The summed E-state index contributed by atoms with van der Waals surface area (Å²) >= 11 is 3.28. The van der Waals surface area contributed by atoms with Crippen molar-refractivity contribution in [1.29, 1.82) is 0 Å². The van der Waals surface area contributed by atoms with Crippen LogP contribution in [0.3, 0.4) is 0 Å². The summed E-state index contributed by atoms with van der Waals surface area (Å²) < 4.78 is 0. The molecule has 0 spiro atoms. The van der Waals surface area contributed by atoms with Gasteiger partial charge in [0, 0.05) is 104 Å². The monoisotopic (exact) mass is 1050 g/mol. The molecule has 0 nitrogen and oxygen atoms in total. The molecule has 44 heavy (non-hydrogen) atoms. The molecule has 16 heteroatoms. The molecule has 0 fully saturated rings. The molecule has 0 bridgehead atoms. The quantitative estimate of drug-likeness (QED) is 0.171. The zero-order chi connectivity index (χ0) is 37.3. The topological polar surface area (TPSA) is 0 Å². The summed E-state index contributed by atoms with van der Waals surface area (Å²) in [7, 11) is -10.3. The molecule has 0 atom stereocenters. The van der Waals surface area contributed by atoms with Gasteiger partial charge >= 0.3 is 35.9 Å². The first-order valence-corrected chi connectivity index (χ1v) is 80.2. The summed E-state index contributed by atoms with van der Waals surface area (Å²) in [5.41, 5.74) is 0. The van der Waals surface area contributed by atoms with Crippen molar-refractivity contribution in [2.24, 2.45) is 0 Å². The van der Waals surface area contributed by atoms with Crippen LogP contribution < -0.4 is 0 Å². The average molecular weight is 1050 g/mol. The van der Waals surface area contributed by atoms with Gasteiger partial charge in [-0.05, 0) is 0 Å². The van der Waals surface area contributed by atoms with Crippen LogP contribution in [0.15, 0.2) is 0 Å². The fraction of sp³-hybridized carbons (Fsp3) is 1.00. The fourth-order valence-corrected chi connectivity index (χ4v) is 466. The zero-order valence-electron chi connectivity index (χ0n) is 36.0. The van der Waals surface area contributed by atoms with Crippen molar-refractivity contribution in [2.45, 2.75) is 183 Å². The maximum atomic E-state index is 2.89. The molecule has 0 aromatic heterocycles. The third-order valence-electron chi connectivity index (χ3n) is 8.50. The Hall–Kier alpha value is 4.63. The normalized spacial score (nSPS) is 15.4. The van der Waals surface area contributed by atoms with Crippen LogP contribution in [0.5, 0.6) is 0 Å². The van der Waals surface area contributed by atoms with E-state index in [2.05, 4.69) is 183 Å². The molecular formula is C28H84Si14Sn2. The van der Waals surface area contributed by atoms with Crippen LogP contribution in [0, 0.1) is 0 Å². The SMILES string of the molecule is C[Si](C)(C)[Si]([Si](C)(C)C)[Si](C)(C)[Si]([Si](C)(C)C)[Si](C)(C)C.C[Si](C)(C)[Si]([Si](C)(C)C)[Si](C)(C)[Si]([Si](C)(C)C)[Si](C)(C)C.[Sn]=[Sn]. The van der Waals surface area contributed by atoms with Gasteiger partial charge in [0.25, 0.3) is 0 Å². The Labute approximate surface area is 319 Å². The first-order chi connectivity index (χ1) is 18.5. The summed E-state index contributed by atoms with van der Waals surface area (Å²) in [6, 6.07) is 0. The summed E-state index contributed by atoms with van der Waals surface area (Å²) in [5.74, 6) is 0.